The maximum Gasteiger partial charge on any atom is 0.326 e. The van der Waals surface area contributed by atoms with Crippen LogP contribution in [0.4, 0.5) is 0 Å². The highest BCUT2D eigenvalue weighted by atomic mass is 32.1. The average Bonchev–Trinajstić information content (AvgIpc) is 2.75. The van der Waals surface area contributed by atoms with Gasteiger partial charge in [-0.1, -0.05) is 27.7 Å². The van der Waals surface area contributed by atoms with Crippen LogP contribution in [0, 0.1) is 11.8 Å². The van der Waals surface area contributed by atoms with E-state index in [1.54, 1.807) is 13.8 Å². The number of aliphatic carboxylic acids is 1. The summed E-state index contributed by atoms with van der Waals surface area (Å²) < 4.78 is 0. The number of nitrogens with one attached hydrogen (secondary N) is 4. The number of carboxylic acids is 1. The maximum absolute atomic E-state index is 12.8. The van der Waals surface area contributed by atoms with Crippen molar-refractivity contribution in [3.63, 3.8) is 0 Å². The van der Waals surface area contributed by atoms with Crippen LogP contribution >= 0.6 is 12.6 Å². The van der Waals surface area contributed by atoms with Gasteiger partial charge in [0.15, 0.2) is 0 Å². The Labute approximate surface area is 210 Å². The summed E-state index contributed by atoms with van der Waals surface area (Å²) in [6, 6.07) is -4.45. The third-order valence-electron chi connectivity index (χ3n) is 4.86. The van der Waals surface area contributed by atoms with Gasteiger partial charge >= 0.3 is 5.97 Å². The molecule has 0 aromatic carbocycles. The minimum atomic E-state index is -1.26. The van der Waals surface area contributed by atoms with Crippen molar-refractivity contribution in [1.82, 2.24) is 21.3 Å². The van der Waals surface area contributed by atoms with Gasteiger partial charge in [0.2, 0.25) is 29.5 Å². The fraction of sp³-hybridized carbons (Fsp3) is 0.714. The number of carbonyl (C=O) groups excluding carboxylic acids is 5. The fourth-order valence-corrected chi connectivity index (χ4v) is 3.21. The summed E-state index contributed by atoms with van der Waals surface area (Å²) in [4.78, 5) is 72.1. The number of carbonyl (C=O) groups is 6. The Morgan fingerprint density at radius 3 is 1.91 bits per heavy atom. The van der Waals surface area contributed by atoms with E-state index >= 15 is 0 Å². The number of nitrogens with two attached hydrogens (primary N) is 2. The summed E-state index contributed by atoms with van der Waals surface area (Å²) >= 11 is 4.03. The summed E-state index contributed by atoms with van der Waals surface area (Å²) in [6.45, 7) is 6.54. The van der Waals surface area contributed by atoms with E-state index in [2.05, 4.69) is 33.9 Å². The quantitative estimate of drug-likeness (QED) is 0.105. The first-order valence-electron chi connectivity index (χ1n) is 11.2. The summed E-state index contributed by atoms with van der Waals surface area (Å²) in [5.41, 5.74) is 10.9. The van der Waals surface area contributed by atoms with Gasteiger partial charge in [0.25, 0.3) is 0 Å². The van der Waals surface area contributed by atoms with E-state index in [1.807, 2.05) is 13.8 Å². The van der Waals surface area contributed by atoms with E-state index in [9.17, 15) is 33.9 Å². The lowest BCUT2D eigenvalue weighted by Gasteiger charge is -2.24. The molecule has 14 heteroatoms. The first-order chi connectivity index (χ1) is 16.2. The lowest BCUT2D eigenvalue weighted by atomic mass is 10.0. The van der Waals surface area contributed by atoms with Crippen LogP contribution in [0.1, 0.15) is 47.0 Å². The van der Waals surface area contributed by atoms with Crippen molar-refractivity contribution in [3.05, 3.63) is 0 Å². The number of hydrogen-bond acceptors (Lipinski definition) is 8. The number of primary amides is 1. The van der Waals surface area contributed by atoms with Crippen LogP contribution in [-0.4, -0.2) is 77.1 Å². The van der Waals surface area contributed by atoms with Crippen LogP contribution in [-0.2, 0) is 28.8 Å². The van der Waals surface area contributed by atoms with Gasteiger partial charge in [0.05, 0.1) is 12.6 Å². The van der Waals surface area contributed by atoms with Crippen LogP contribution in [0.5, 0.6) is 0 Å². The molecule has 5 amide bonds. The summed E-state index contributed by atoms with van der Waals surface area (Å²) in [5.74, 6) is -5.20. The Kier molecular flexibility index (Phi) is 14.6. The molecule has 13 nitrogen and oxygen atoms in total. The van der Waals surface area contributed by atoms with Gasteiger partial charge < -0.3 is 37.8 Å². The first-order valence-corrected chi connectivity index (χ1v) is 11.9. The van der Waals surface area contributed by atoms with Gasteiger partial charge in [-0.05, 0) is 24.7 Å². The molecule has 0 aromatic heterocycles. The molecule has 0 aliphatic carbocycles. The predicted molar refractivity (Wildman–Crippen MR) is 131 cm³/mol. The highest BCUT2D eigenvalue weighted by Gasteiger charge is 2.30. The van der Waals surface area contributed by atoms with E-state index < -0.39 is 72.1 Å². The van der Waals surface area contributed by atoms with Crippen LogP contribution in [0.2, 0.25) is 0 Å². The lowest BCUT2D eigenvalue weighted by molar-refractivity contribution is -0.143. The second-order valence-electron chi connectivity index (χ2n) is 8.89. The molecule has 4 atom stereocenters. The zero-order chi connectivity index (χ0) is 27.3. The van der Waals surface area contributed by atoms with Crippen LogP contribution < -0.4 is 32.7 Å². The normalized spacial score (nSPS) is 14.4. The van der Waals surface area contributed by atoms with Crippen molar-refractivity contribution in [1.29, 1.82) is 0 Å². The molecule has 0 fully saturated rings. The van der Waals surface area contributed by atoms with Crippen molar-refractivity contribution < 1.29 is 33.9 Å². The third-order valence-corrected chi connectivity index (χ3v) is 5.23. The van der Waals surface area contributed by atoms with Crippen LogP contribution in [0.25, 0.3) is 0 Å². The Morgan fingerprint density at radius 1 is 0.886 bits per heavy atom. The van der Waals surface area contributed by atoms with E-state index in [1.165, 1.54) is 0 Å². The number of rotatable bonds is 16. The van der Waals surface area contributed by atoms with Crippen molar-refractivity contribution in [2.45, 2.75) is 71.1 Å². The van der Waals surface area contributed by atoms with Gasteiger partial charge in [-0.2, -0.15) is 12.6 Å². The number of hydrogen-bond donors (Lipinski definition) is 8. The molecular weight excluding hydrogens is 480 g/mol. The Hall–Kier alpha value is -2.87. The van der Waals surface area contributed by atoms with Crippen molar-refractivity contribution >= 4 is 48.1 Å². The molecule has 35 heavy (non-hydrogen) atoms. The van der Waals surface area contributed by atoms with E-state index in [4.69, 9.17) is 11.5 Å². The third kappa shape index (κ3) is 13.0. The Bertz CT molecular complexity index is 777. The number of thiol groups is 1. The first kappa shape index (κ1) is 32.1. The van der Waals surface area contributed by atoms with Gasteiger partial charge in [0.1, 0.15) is 18.1 Å². The van der Waals surface area contributed by atoms with E-state index in [0.29, 0.717) is 6.42 Å². The topological polar surface area (TPSA) is 223 Å². The molecule has 0 aliphatic rings. The Balaban J connectivity index is 5.20. The van der Waals surface area contributed by atoms with Gasteiger partial charge in [-0.15, -0.1) is 0 Å². The summed E-state index contributed by atoms with van der Waals surface area (Å²) in [5, 5.41) is 18.7. The molecule has 0 rings (SSSR count). The molecule has 0 heterocycles. The molecule has 0 spiro atoms. The van der Waals surface area contributed by atoms with Crippen molar-refractivity contribution in [3.8, 4) is 0 Å². The van der Waals surface area contributed by atoms with Gasteiger partial charge in [0, 0.05) is 12.2 Å². The molecule has 0 radical (unpaired) electrons. The molecule has 0 bridgehead atoms. The van der Waals surface area contributed by atoms with Crippen molar-refractivity contribution in [2.24, 2.45) is 23.3 Å². The number of carboxylic acid groups (broad SMARTS) is 1. The minimum Gasteiger partial charge on any atom is -0.480 e. The Morgan fingerprint density at radius 2 is 1.46 bits per heavy atom. The zero-order valence-electron chi connectivity index (χ0n) is 20.5. The highest BCUT2D eigenvalue weighted by molar-refractivity contribution is 7.80. The molecule has 200 valence electrons. The van der Waals surface area contributed by atoms with E-state index in [0.717, 1.165) is 0 Å². The smallest absolute Gasteiger partial charge is 0.326 e. The average molecular weight is 519 g/mol. The molecule has 0 saturated heterocycles. The SMILES string of the molecule is CC(C)C[C@H](N)C(=O)NCC(=O)N[C@@H](CCC(N)=O)C(=O)N[C@@H](CS)C(=O)N[C@H](C(=O)O)C(C)C. The lowest BCUT2D eigenvalue weighted by Crippen LogP contribution is -2.57. The molecule has 9 N–H and O–H groups in total. The van der Waals surface area contributed by atoms with Gasteiger partial charge in [-0.25, -0.2) is 4.79 Å². The van der Waals surface area contributed by atoms with Crippen LogP contribution in [0.3, 0.4) is 0 Å². The largest absolute Gasteiger partial charge is 0.480 e. The molecule has 0 aromatic rings. The molecule has 0 unspecified atom stereocenters. The second kappa shape index (κ2) is 15.9. The zero-order valence-corrected chi connectivity index (χ0v) is 21.4. The highest BCUT2D eigenvalue weighted by Crippen LogP contribution is 2.05. The summed E-state index contributed by atoms with van der Waals surface area (Å²) in [7, 11) is 0. The fourth-order valence-electron chi connectivity index (χ4n) is 2.95. The monoisotopic (exact) mass is 518 g/mol. The predicted octanol–water partition coefficient (Wildman–Crippen LogP) is -2.13. The van der Waals surface area contributed by atoms with E-state index in [-0.39, 0.29) is 24.5 Å². The standard InChI is InChI=1S/C21H38N6O7S/c1-10(2)7-12(22)18(30)24-8-16(29)25-13(5-6-15(23)28)19(31)26-14(9-35)20(32)27-17(11(3)4)21(33)34/h10-14,17,35H,5-9,22H2,1-4H3,(H2,23,28)(H,24,30)(H,25,29)(H,26,31)(H,27,32)(H,33,34)/t12-,13-,14-,17-/m0/s1. The van der Waals surface area contributed by atoms with Crippen LogP contribution in [0.15, 0.2) is 0 Å². The maximum atomic E-state index is 12.8. The van der Waals surface area contributed by atoms with Gasteiger partial charge in [-0.3, -0.25) is 24.0 Å². The molecule has 0 aliphatic heterocycles. The minimum absolute atomic E-state index is 0.164. The van der Waals surface area contributed by atoms with Crippen molar-refractivity contribution in [2.75, 3.05) is 12.3 Å². The molecule has 0 saturated carbocycles. The second-order valence-corrected chi connectivity index (χ2v) is 9.26. The summed E-state index contributed by atoms with van der Waals surface area (Å²) in [6.07, 6.45) is 0.0123. The number of amides is 5. The molecular formula is C21H38N6O7S.